The minimum Gasteiger partial charge on any atom is -0.346 e. The molecule has 3 aromatic carbocycles. The van der Waals surface area contributed by atoms with Gasteiger partial charge in [0.05, 0.1) is 6.04 Å². The molecule has 0 saturated carbocycles. The van der Waals surface area contributed by atoms with Crippen LogP contribution >= 0.6 is 23.4 Å². The van der Waals surface area contributed by atoms with E-state index >= 15 is 0 Å². The maximum atomic E-state index is 12.4. The number of halogens is 1. The van der Waals surface area contributed by atoms with Gasteiger partial charge >= 0.3 is 0 Å². The highest BCUT2D eigenvalue weighted by Crippen LogP contribution is 2.24. The lowest BCUT2D eigenvalue weighted by atomic mass is 10.1. The van der Waals surface area contributed by atoms with E-state index in [0.29, 0.717) is 5.56 Å². The number of hydrogen-bond donors (Lipinski definition) is 1. The molecule has 2 nitrogen and oxygen atoms in total. The summed E-state index contributed by atoms with van der Waals surface area (Å²) in [4.78, 5) is 13.6. The van der Waals surface area contributed by atoms with E-state index in [9.17, 15) is 4.79 Å². The zero-order chi connectivity index (χ0) is 18.4. The summed E-state index contributed by atoms with van der Waals surface area (Å²) in [7, 11) is 0. The molecular formula is C22H20ClNOS. The average molecular weight is 382 g/mol. The monoisotopic (exact) mass is 381 g/mol. The van der Waals surface area contributed by atoms with Crippen LogP contribution in [0.1, 0.15) is 34.5 Å². The Bertz CT molecular complexity index is 848. The molecule has 26 heavy (non-hydrogen) atoms. The number of carbonyl (C=O) groups is 1. The van der Waals surface area contributed by atoms with Crippen molar-refractivity contribution in [3.8, 4) is 0 Å². The number of amides is 1. The topological polar surface area (TPSA) is 29.1 Å². The molecule has 3 aromatic rings. The Morgan fingerprint density at radius 3 is 2.27 bits per heavy atom. The average Bonchev–Trinajstić information content (AvgIpc) is 2.68. The smallest absolute Gasteiger partial charge is 0.251 e. The minimum atomic E-state index is -0.0572. The zero-order valence-electron chi connectivity index (χ0n) is 14.5. The van der Waals surface area contributed by atoms with Crippen LogP contribution in [-0.4, -0.2) is 5.91 Å². The van der Waals surface area contributed by atoms with Crippen LogP contribution in [0.15, 0.2) is 83.8 Å². The molecule has 0 saturated heterocycles. The van der Waals surface area contributed by atoms with Gasteiger partial charge in [0.25, 0.3) is 5.91 Å². The van der Waals surface area contributed by atoms with Crippen LogP contribution in [-0.2, 0) is 5.75 Å². The molecule has 1 N–H and O–H groups in total. The molecule has 1 atom stereocenters. The number of benzene rings is 3. The van der Waals surface area contributed by atoms with Crippen LogP contribution in [0.25, 0.3) is 0 Å². The second-order valence-corrected chi connectivity index (χ2v) is 7.53. The van der Waals surface area contributed by atoms with Gasteiger partial charge in [-0.25, -0.2) is 0 Å². The third kappa shape index (κ3) is 5.13. The first-order chi connectivity index (χ1) is 12.6. The van der Waals surface area contributed by atoms with Gasteiger partial charge in [-0.1, -0.05) is 54.1 Å². The highest BCUT2D eigenvalue weighted by Gasteiger charge is 2.11. The molecule has 0 aliphatic heterocycles. The highest BCUT2D eigenvalue weighted by atomic mass is 35.5. The zero-order valence-corrected chi connectivity index (χ0v) is 16.1. The molecule has 0 bridgehead atoms. The van der Waals surface area contributed by atoms with E-state index in [1.165, 1.54) is 10.5 Å². The third-order valence-electron chi connectivity index (χ3n) is 4.08. The Morgan fingerprint density at radius 2 is 1.62 bits per heavy atom. The highest BCUT2D eigenvalue weighted by molar-refractivity contribution is 7.98. The second-order valence-electron chi connectivity index (χ2n) is 6.05. The Morgan fingerprint density at radius 1 is 0.962 bits per heavy atom. The summed E-state index contributed by atoms with van der Waals surface area (Å²) < 4.78 is 0. The van der Waals surface area contributed by atoms with Crippen molar-refractivity contribution in [1.82, 2.24) is 5.32 Å². The summed E-state index contributed by atoms with van der Waals surface area (Å²) in [6.07, 6.45) is 0. The standard InChI is InChI=1S/C22H20ClNOS/c1-16(18-5-3-2-4-6-18)24-22(25)19-9-7-17(8-10-19)15-26-21-13-11-20(23)12-14-21/h2-14,16H,15H2,1H3,(H,24,25)/t16-/m1/s1. The van der Waals surface area contributed by atoms with Gasteiger partial charge in [-0.05, 0) is 54.4 Å². The maximum absolute atomic E-state index is 12.4. The Balaban J connectivity index is 1.56. The molecule has 0 unspecified atom stereocenters. The largest absolute Gasteiger partial charge is 0.346 e. The van der Waals surface area contributed by atoms with Crippen LogP contribution in [0.3, 0.4) is 0 Å². The van der Waals surface area contributed by atoms with Crippen molar-refractivity contribution in [1.29, 1.82) is 0 Å². The van der Waals surface area contributed by atoms with Crippen molar-refractivity contribution >= 4 is 29.3 Å². The van der Waals surface area contributed by atoms with Crippen LogP contribution < -0.4 is 5.32 Å². The van der Waals surface area contributed by atoms with Crippen LogP contribution in [0, 0.1) is 0 Å². The van der Waals surface area contributed by atoms with E-state index in [0.717, 1.165) is 16.3 Å². The van der Waals surface area contributed by atoms with E-state index in [2.05, 4.69) is 5.32 Å². The fourth-order valence-electron chi connectivity index (χ4n) is 2.55. The van der Waals surface area contributed by atoms with Crippen molar-refractivity contribution in [2.24, 2.45) is 0 Å². The van der Waals surface area contributed by atoms with E-state index in [1.54, 1.807) is 11.8 Å². The van der Waals surface area contributed by atoms with Crippen LogP contribution in [0.5, 0.6) is 0 Å². The van der Waals surface area contributed by atoms with Crippen molar-refractivity contribution in [3.05, 3.63) is 101 Å². The molecule has 0 radical (unpaired) electrons. The molecule has 0 aromatic heterocycles. The summed E-state index contributed by atoms with van der Waals surface area (Å²) in [6, 6.07) is 25.5. The Labute approximate surface area is 163 Å². The number of nitrogens with one attached hydrogen (secondary N) is 1. The maximum Gasteiger partial charge on any atom is 0.251 e. The Hall–Kier alpha value is -2.23. The lowest BCUT2D eigenvalue weighted by Crippen LogP contribution is -2.26. The number of hydrogen-bond acceptors (Lipinski definition) is 2. The molecule has 4 heteroatoms. The summed E-state index contributed by atoms with van der Waals surface area (Å²) in [5.74, 6) is 0.794. The summed E-state index contributed by atoms with van der Waals surface area (Å²) in [5.41, 5.74) is 2.95. The molecular weight excluding hydrogens is 362 g/mol. The van der Waals surface area contributed by atoms with Gasteiger partial charge in [-0.15, -0.1) is 11.8 Å². The van der Waals surface area contributed by atoms with Gasteiger partial charge in [0.1, 0.15) is 0 Å². The summed E-state index contributed by atoms with van der Waals surface area (Å²) in [6.45, 7) is 1.99. The van der Waals surface area contributed by atoms with Gasteiger partial charge in [0.15, 0.2) is 0 Å². The molecule has 0 fully saturated rings. The van der Waals surface area contributed by atoms with E-state index in [1.807, 2.05) is 85.8 Å². The SMILES string of the molecule is C[C@@H](NC(=O)c1ccc(CSc2ccc(Cl)cc2)cc1)c1ccccc1. The molecule has 0 aliphatic carbocycles. The van der Waals surface area contributed by atoms with Gasteiger partial charge in [0.2, 0.25) is 0 Å². The lowest BCUT2D eigenvalue weighted by Gasteiger charge is -2.14. The minimum absolute atomic E-state index is 0.0242. The second kappa shape index (κ2) is 8.93. The first-order valence-corrected chi connectivity index (χ1v) is 9.81. The third-order valence-corrected chi connectivity index (χ3v) is 5.42. The fraction of sp³-hybridized carbons (Fsp3) is 0.136. The molecule has 0 aliphatic rings. The summed E-state index contributed by atoms with van der Waals surface area (Å²) >= 11 is 7.65. The molecule has 3 rings (SSSR count). The van der Waals surface area contributed by atoms with Crippen molar-refractivity contribution in [2.45, 2.75) is 23.6 Å². The van der Waals surface area contributed by atoms with E-state index in [4.69, 9.17) is 11.6 Å². The molecule has 0 heterocycles. The predicted octanol–water partition coefficient (Wildman–Crippen LogP) is 6.12. The van der Waals surface area contributed by atoms with Crippen molar-refractivity contribution < 1.29 is 4.79 Å². The number of thioether (sulfide) groups is 1. The van der Waals surface area contributed by atoms with Crippen LogP contribution in [0.2, 0.25) is 5.02 Å². The van der Waals surface area contributed by atoms with Gasteiger partial charge in [-0.2, -0.15) is 0 Å². The van der Waals surface area contributed by atoms with Crippen molar-refractivity contribution in [2.75, 3.05) is 0 Å². The van der Waals surface area contributed by atoms with Crippen LogP contribution in [0.4, 0.5) is 0 Å². The summed E-state index contributed by atoms with van der Waals surface area (Å²) in [5, 5.41) is 3.78. The predicted molar refractivity (Wildman–Crippen MR) is 110 cm³/mol. The quantitative estimate of drug-likeness (QED) is 0.521. The fourth-order valence-corrected chi connectivity index (χ4v) is 3.54. The van der Waals surface area contributed by atoms with Gasteiger partial charge < -0.3 is 5.32 Å². The molecule has 132 valence electrons. The first kappa shape index (κ1) is 18.6. The molecule has 0 spiro atoms. The van der Waals surface area contributed by atoms with Gasteiger partial charge in [0, 0.05) is 21.2 Å². The lowest BCUT2D eigenvalue weighted by molar-refractivity contribution is 0.0940. The first-order valence-electron chi connectivity index (χ1n) is 8.45. The van der Waals surface area contributed by atoms with E-state index < -0.39 is 0 Å². The van der Waals surface area contributed by atoms with Crippen molar-refractivity contribution in [3.63, 3.8) is 0 Å². The molecule has 1 amide bonds. The number of carbonyl (C=O) groups excluding carboxylic acids is 1. The van der Waals surface area contributed by atoms with Gasteiger partial charge in [-0.3, -0.25) is 4.79 Å². The number of rotatable bonds is 6. The van der Waals surface area contributed by atoms with E-state index in [-0.39, 0.29) is 11.9 Å². The normalized spacial score (nSPS) is 11.8. The Kier molecular flexibility index (Phi) is 6.37.